The standard InChI is InChI=1S/C31H21FN4O6/c1-40-27-7-4-8-28-24(27)16-29(42-28)30-34-25-6-3-2-5-23(25)31(37)35(30)33-17-20-15-22(36(38)39)13-14-26(20)41-18-19-9-11-21(32)12-10-19/h2-17H,18H2,1H3. The van der Waals surface area contributed by atoms with Gasteiger partial charge in [-0.15, -0.1) is 0 Å². The molecule has 208 valence electrons. The number of rotatable bonds is 8. The number of furan rings is 1. The number of nitro benzene ring substituents is 1. The first-order valence-corrected chi connectivity index (χ1v) is 12.7. The molecule has 10 nitrogen and oxygen atoms in total. The van der Waals surface area contributed by atoms with Crippen molar-refractivity contribution < 1.29 is 23.2 Å². The summed E-state index contributed by atoms with van der Waals surface area (Å²) >= 11 is 0. The minimum atomic E-state index is -0.544. The van der Waals surface area contributed by atoms with E-state index in [4.69, 9.17) is 13.9 Å². The summed E-state index contributed by atoms with van der Waals surface area (Å²) in [5.74, 6) is 0.856. The fraction of sp³-hybridized carbons (Fsp3) is 0.0645. The Balaban J connectivity index is 1.47. The topological polar surface area (TPSA) is 122 Å². The van der Waals surface area contributed by atoms with E-state index in [0.29, 0.717) is 33.2 Å². The number of fused-ring (bicyclic) bond motifs is 2. The number of methoxy groups -OCH3 is 1. The zero-order valence-corrected chi connectivity index (χ0v) is 22.1. The number of benzene rings is 4. The number of para-hydroxylation sites is 1. The maximum Gasteiger partial charge on any atom is 0.282 e. The van der Waals surface area contributed by atoms with Crippen LogP contribution in [0.1, 0.15) is 11.1 Å². The van der Waals surface area contributed by atoms with Crippen molar-refractivity contribution in [1.82, 2.24) is 9.66 Å². The van der Waals surface area contributed by atoms with E-state index in [1.807, 2.05) is 0 Å². The van der Waals surface area contributed by atoms with Gasteiger partial charge < -0.3 is 13.9 Å². The number of hydrogen-bond acceptors (Lipinski definition) is 8. The number of hydrogen-bond donors (Lipinski definition) is 0. The van der Waals surface area contributed by atoms with Crippen molar-refractivity contribution in [2.24, 2.45) is 5.10 Å². The molecule has 0 unspecified atom stereocenters. The second-order valence-corrected chi connectivity index (χ2v) is 9.19. The third-order valence-corrected chi connectivity index (χ3v) is 6.54. The molecule has 4 aromatic carbocycles. The first-order valence-electron chi connectivity index (χ1n) is 12.7. The summed E-state index contributed by atoms with van der Waals surface area (Å²) in [5, 5.41) is 16.9. The van der Waals surface area contributed by atoms with Crippen molar-refractivity contribution in [1.29, 1.82) is 0 Å². The predicted octanol–water partition coefficient (Wildman–Crippen LogP) is 6.33. The summed E-state index contributed by atoms with van der Waals surface area (Å²) < 4.78 is 31.8. The van der Waals surface area contributed by atoms with E-state index in [2.05, 4.69) is 10.1 Å². The average molecular weight is 565 g/mol. The predicted molar refractivity (Wildman–Crippen MR) is 155 cm³/mol. The summed E-state index contributed by atoms with van der Waals surface area (Å²) in [6.07, 6.45) is 1.29. The summed E-state index contributed by atoms with van der Waals surface area (Å²) in [7, 11) is 1.55. The van der Waals surface area contributed by atoms with E-state index in [-0.39, 0.29) is 41.0 Å². The first-order chi connectivity index (χ1) is 20.4. The number of aromatic nitrogens is 2. The molecule has 6 aromatic rings. The quantitative estimate of drug-likeness (QED) is 0.120. The van der Waals surface area contributed by atoms with E-state index >= 15 is 0 Å². The van der Waals surface area contributed by atoms with Crippen LogP contribution in [0.2, 0.25) is 0 Å². The Bertz CT molecular complexity index is 2050. The van der Waals surface area contributed by atoms with E-state index in [0.717, 1.165) is 4.68 Å². The zero-order valence-electron chi connectivity index (χ0n) is 22.1. The zero-order chi connectivity index (χ0) is 29.2. The fourth-order valence-electron chi connectivity index (χ4n) is 4.46. The molecule has 0 spiro atoms. The van der Waals surface area contributed by atoms with Crippen molar-refractivity contribution in [2.45, 2.75) is 6.61 Å². The summed E-state index contributed by atoms with van der Waals surface area (Å²) in [6, 6.07) is 23.7. The van der Waals surface area contributed by atoms with Crippen molar-refractivity contribution in [3.8, 4) is 23.1 Å². The van der Waals surface area contributed by atoms with Gasteiger partial charge in [-0.1, -0.05) is 30.3 Å². The van der Waals surface area contributed by atoms with E-state index in [1.165, 1.54) is 36.5 Å². The van der Waals surface area contributed by atoms with Crippen molar-refractivity contribution in [3.63, 3.8) is 0 Å². The maximum absolute atomic E-state index is 13.7. The molecule has 42 heavy (non-hydrogen) atoms. The smallest absolute Gasteiger partial charge is 0.282 e. The summed E-state index contributed by atoms with van der Waals surface area (Å²) in [5.41, 5.74) is 1.23. The van der Waals surface area contributed by atoms with Gasteiger partial charge in [0.15, 0.2) is 5.76 Å². The molecule has 11 heteroatoms. The van der Waals surface area contributed by atoms with Crippen molar-refractivity contribution in [3.05, 3.63) is 128 Å². The van der Waals surface area contributed by atoms with Gasteiger partial charge in [-0.05, 0) is 54.1 Å². The van der Waals surface area contributed by atoms with Crippen LogP contribution >= 0.6 is 0 Å². The van der Waals surface area contributed by atoms with Crippen LogP contribution in [0.3, 0.4) is 0 Å². The third-order valence-electron chi connectivity index (χ3n) is 6.54. The normalized spacial score (nSPS) is 11.4. The highest BCUT2D eigenvalue weighted by atomic mass is 19.1. The number of nitro groups is 1. The van der Waals surface area contributed by atoms with Crippen LogP contribution in [0.25, 0.3) is 33.5 Å². The Hall–Kier alpha value is -5.84. The molecule has 0 aliphatic rings. The maximum atomic E-state index is 13.7. The molecule has 0 fully saturated rings. The molecule has 2 aromatic heterocycles. The van der Waals surface area contributed by atoms with Crippen LogP contribution in [0, 0.1) is 15.9 Å². The molecule has 0 aliphatic carbocycles. The summed E-state index contributed by atoms with van der Waals surface area (Å²) in [6.45, 7) is 0.0719. The lowest BCUT2D eigenvalue weighted by Crippen LogP contribution is -2.20. The Morgan fingerprint density at radius 2 is 1.81 bits per heavy atom. The van der Waals surface area contributed by atoms with Crippen LogP contribution in [-0.2, 0) is 6.61 Å². The molecule has 6 rings (SSSR count). The molecule has 0 radical (unpaired) electrons. The fourth-order valence-corrected chi connectivity index (χ4v) is 4.46. The Labute approximate surface area is 237 Å². The van der Waals surface area contributed by atoms with Crippen LogP contribution in [0.15, 0.2) is 105 Å². The van der Waals surface area contributed by atoms with Gasteiger partial charge in [-0.2, -0.15) is 9.78 Å². The highest BCUT2D eigenvalue weighted by Gasteiger charge is 2.18. The molecule has 0 amide bonds. The number of halogens is 1. The largest absolute Gasteiger partial charge is 0.496 e. The van der Waals surface area contributed by atoms with Gasteiger partial charge in [-0.25, -0.2) is 9.37 Å². The van der Waals surface area contributed by atoms with Gasteiger partial charge in [0.25, 0.3) is 11.2 Å². The molecule has 0 atom stereocenters. The molecule has 0 aliphatic heterocycles. The molecule has 0 saturated carbocycles. The minimum Gasteiger partial charge on any atom is -0.496 e. The number of ether oxygens (including phenoxy) is 2. The molecular formula is C31H21FN4O6. The molecule has 0 saturated heterocycles. The molecule has 2 heterocycles. The van der Waals surface area contributed by atoms with Gasteiger partial charge in [-0.3, -0.25) is 14.9 Å². The highest BCUT2D eigenvalue weighted by molar-refractivity contribution is 5.89. The first kappa shape index (κ1) is 26.4. The van der Waals surface area contributed by atoms with Crippen LogP contribution in [-0.4, -0.2) is 27.9 Å². The lowest BCUT2D eigenvalue weighted by molar-refractivity contribution is -0.384. The van der Waals surface area contributed by atoms with Crippen LogP contribution in [0.5, 0.6) is 11.5 Å². The average Bonchev–Trinajstić information content (AvgIpc) is 3.45. The van der Waals surface area contributed by atoms with E-state index in [9.17, 15) is 19.3 Å². The van der Waals surface area contributed by atoms with Crippen LogP contribution in [0.4, 0.5) is 10.1 Å². The molecular weight excluding hydrogens is 543 g/mol. The summed E-state index contributed by atoms with van der Waals surface area (Å²) in [4.78, 5) is 29.3. The van der Waals surface area contributed by atoms with Crippen molar-refractivity contribution >= 4 is 33.8 Å². The minimum absolute atomic E-state index is 0.0719. The molecule has 0 N–H and O–H groups in total. The van der Waals surface area contributed by atoms with Gasteiger partial charge in [0, 0.05) is 17.7 Å². The SMILES string of the molecule is COc1cccc2oc(-c3nc4ccccc4c(=O)n3N=Cc3cc([N+](=O)[O-])ccc3OCc3ccc(F)cc3)cc12. The van der Waals surface area contributed by atoms with E-state index < -0.39 is 10.5 Å². The van der Waals surface area contributed by atoms with Gasteiger partial charge in [0.2, 0.25) is 5.82 Å². The second kappa shape index (κ2) is 11.0. The van der Waals surface area contributed by atoms with Gasteiger partial charge >= 0.3 is 0 Å². The third kappa shape index (κ3) is 5.06. The highest BCUT2D eigenvalue weighted by Crippen LogP contribution is 2.33. The van der Waals surface area contributed by atoms with E-state index in [1.54, 1.807) is 67.8 Å². The Morgan fingerprint density at radius 1 is 1.00 bits per heavy atom. The monoisotopic (exact) mass is 564 g/mol. The lowest BCUT2D eigenvalue weighted by Gasteiger charge is -2.10. The number of nitrogens with zero attached hydrogens (tertiary/aromatic N) is 4. The van der Waals surface area contributed by atoms with Gasteiger partial charge in [0.05, 0.1) is 34.5 Å². The Morgan fingerprint density at radius 3 is 2.60 bits per heavy atom. The second-order valence-electron chi connectivity index (χ2n) is 9.19. The Kier molecular flexibility index (Phi) is 6.89. The van der Waals surface area contributed by atoms with Gasteiger partial charge in [0.1, 0.15) is 29.5 Å². The van der Waals surface area contributed by atoms with Crippen LogP contribution < -0.4 is 15.0 Å². The van der Waals surface area contributed by atoms with Crippen molar-refractivity contribution in [2.75, 3.05) is 7.11 Å². The molecule has 0 bridgehead atoms. The lowest BCUT2D eigenvalue weighted by atomic mass is 10.2. The number of non-ortho nitro benzene ring substituents is 1.